The minimum atomic E-state index is -0.0816. The highest BCUT2D eigenvalue weighted by atomic mass is 19.1. The van der Waals surface area contributed by atoms with Gasteiger partial charge in [0.2, 0.25) is 0 Å². The van der Waals surface area contributed by atoms with Gasteiger partial charge in [-0.25, -0.2) is 4.39 Å². The van der Waals surface area contributed by atoms with Gasteiger partial charge in [0.1, 0.15) is 5.82 Å². The average molecular weight is 205 g/mol. The molecule has 2 aliphatic rings. The SMILES string of the molecule is Fc1ccc2c(c1)C1(CCC1)CNCC2. The normalized spacial score (nSPS) is 23.0. The molecule has 1 aliphatic carbocycles. The van der Waals surface area contributed by atoms with E-state index >= 15 is 0 Å². The fourth-order valence-electron chi connectivity index (χ4n) is 2.96. The summed E-state index contributed by atoms with van der Waals surface area (Å²) >= 11 is 0. The molecule has 1 aromatic rings. The number of rotatable bonds is 0. The van der Waals surface area contributed by atoms with Crippen LogP contribution in [0.4, 0.5) is 4.39 Å². The predicted octanol–water partition coefficient (Wildman–Crippen LogP) is 2.39. The van der Waals surface area contributed by atoms with Crippen molar-refractivity contribution in [2.75, 3.05) is 13.1 Å². The molecule has 1 spiro atoms. The molecule has 1 N–H and O–H groups in total. The minimum Gasteiger partial charge on any atom is -0.316 e. The topological polar surface area (TPSA) is 12.0 Å². The number of halogens is 1. The predicted molar refractivity (Wildman–Crippen MR) is 58.5 cm³/mol. The number of hydrogen-bond acceptors (Lipinski definition) is 1. The van der Waals surface area contributed by atoms with E-state index in [9.17, 15) is 4.39 Å². The Morgan fingerprint density at radius 2 is 2.13 bits per heavy atom. The molecule has 0 atom stereocenters. The molecule has 0 amide bonds. The van der Waals surface area contributed by atoms with Crippen LogP contribution in [-0.2, 0) is 11.8 Å². The van der Waals surface area contributed by atoms with Gasteiger partial charge in [-0.3, -0.25) is 0 Å². The van der Waals surface area contributed by atoms with Gasteiger partial charge in [0, 0.05) is 12.0 Å². The number of fused-ring (bicyclic) bond motifs is 2. The molecule has 0 aromatic heterocycles. The van der Waals surface area contributed by atoms with E-state index in [0.29, 0.717) is 0 Å². The number of hydrogen-bond donors (Lipinski definition) is 1. The Kier molecular flexibility index (Phi) is 2.06. The fourth-order valence-corrected chi connectivity index (χ4v) is 2.96. The minimum absolute atomic E-state index is 0.0816. The molecule has 0 unspecified atom stereocenters. The van der Waals surface area contributed by atoms with Crippen molar-refractivity contribution >= 4 is 0 Å². The van der Waals surface area contributed by atoms with E-state index in [1.807, 2.05) is 6.07 Å². The van der Waals surface area contributed by atoms with Crippen LogP contribution in [0.15, 0.2) is 18.2 Å². The lowest BCUT2D eigenvalue weighted by Crippen LogP contribution is -2.42. The Bertz CT molecular complexity index is 382. The highest BCUT2D eigenvalue weighted by Gasteiger charge is 2.40. The van der Waals surface area contributed by atoms with Crippen molar-refractivity contribution in [1.29, 1.82) is 0 Å². The van der Waals surface area contributed by atoms with Crippen LogP contribution in [0.1, 0.15) is 30.4 Å². The molecule has 1 fully saturated rings. The zero-order valence-corrected chi connectivity index (χ0v) is 8.85. The second kappa shape index (κ2) is 3.31. The Morgan fingerprint density at radius 1 is 1.27 bits per heavy atom. The molecule has 1 aliphatic heterocycles. The maximum atomic E-state index is 13.3. The monoisotopic (exact) mass is 205 g/mol. The van der Waals surface area contributed by atoms with Crippen LogP contribution in [0.25, 0.3) is 0 Å². The molecular weight excluding hydrogens is 189 g/mol. The van der Waals surface area contributed by atoms with Gasteiger partial charge in [-0.15, -0.1) is 0 Å². The quantitative estimate of drug-likeness (QED) is 0.685. The molecule has 0 bridgehead atoms. The van der Waals surface area contributed by atoms with E-state index < -0.39 is 0 Å². The smallest absolute Gasteiger partial charge is 0.123 e. The molecule has 1 aromatic carbocycles. The first kappa shape index (κ1) is 9.34. The summed E-state index contributed by atoms with van der Waals surface area (Å²) in [5.41, 5.74) is 2.88. The highest BCUT2D eigenvalue weighted by molar-refractivity contribution is 5.38. The molecule has 0 saturated heterocycles. The Balaban J connectivity index is 2.11. The van der Waals surface area contributed by atoms with Gasteiger partial charge in [-0.2, -0.15) is 0 Å². The van der Waals surface area contributed by atoms with Gasteiger partial charge in [0.25, 0.3) is 0 Å². The van der Waals surface area contributed by atoms with Crippen molar-refractivity contribution in [1.82, 2.24) is 5.32 Å². The standard InChI is InChI=1S/C13H16FN/c14-11-3-2-10-4-7-15-9-13(5-1-6-13)12(10)8-11/h2-3,8,15H,1,4-7,9H2. The first-order chi connectivity index (χ1) is 7.30. The summed E-state index contributed by atoms with van der Waals surface area (Å²) in [7, 11) is 0. The van der Waals surface area contributed by atoms with Crippen LogP contribution in [0, 0.1) is 5.82 Å². The zero-order chi connectivity index (χ0) is 10.3. The first-order valence-corrected chi connectivity index (χ1v) is 5.80. The zero-order valence-electron chi connectivity index (χ0n) is 8.85. The summed E-state index contributed by atoms with van der Waals surface area (Å²) in [4.78, 5) is 0. The van der Waals surface area contributed by atoms with Crippen molar-refractivity contribution in [2.24, 2.45) is 0 Å². The van der Waals surface area contributed by atoms with Crippen molar-refractivity contribution in [3.63, 3.8) is 0 Å². The van der Waals surface area contributed by atoms with Crippen LogP contribution in [0.5, 0.6) is 0 Å². The maximum absolute atomic E-state index is 13.3. The number of benzene rings is 1. The molecule has 15 heavy (non-hydrogen) atoms. The summed E-state index contributed by atoms with van der Waals surface area (Å²) in [6, 6.07) is 5.33. The molecule has 2 heteroatoms. The molecule has 0 radical (unpaired) electrons. The third-order valence-electron chi connectivity index (χ3n) is 3.99. The van der Waals surface area contributed by atoms with E-state index in [-0.39, 0.29) is 11.2 Å². The third kappa shape index (κ3) is 1.39. The molecule has 1 saturated carbocycles. The lowest BCUT2D eigenvalue weighted by molar-refractivity contribution is 0.238. The summed E-state index contributed by atoms with van der Waals surface area (Å²) in [5, 5.41) is 3.48. The summed E-state index contributed by atoms with van der Waals surface area (Å²) < 4.78 is 13.3. The van der Waals surface area contributed by atoms with Crippen molar-refractivity contribution in [3.8, 4) is 0 Å². The van der Waals surface area contributed by atoms with Crippen LogP contribution in [0.3, 0.4) is 0 Å². The van der Waals surface area contributed by atoms with E-state index in [4.69, 9.17) is 0 Å². The summed E-state index contributed by atoms with van der Waals surface area (Å²) in [6.07, 6.45) is 4.77. The average Bonchev–Trinajstić information content (AvgIpc) is 2.35. The maximum Gasteiger partial charge on any atom is 0.123 e. The second-order valence-corrected chi connectivity index (χ2v) is 4.86. The van der Waals surface area contributed by atoms with E-state index in [1.165, 1.54) is 30.4 Å². The van der Waals surface area contributed by atoms with Crippen LogP contribution < -0.4 is 5.32 Å². The fraction of sp³-hybridized carbons (Fsp3) is 0.538. The van der Waals surface area contributed by atoms with Gasteiger partial charge in [-0.05, 0) is 49.1 Å². The molecule has 80 valence electrons. The number of nitrogens with one attached hydrogen (secondary N) is 1. The Hall–Kier alpha value is -0.890. The van der Waals surface area contributed by atoms with E-state index in [0.717, 1.165) is 19.5 Å². The summed E-state index contributed by atoms with van der Waals surface area (Å²) in [5.74, 6) is -0.0816. The Morgan fingerprint density at radius 3 is 2.87 bits per heavy atom. The van der Waals surface area contributed by atoms with Crippen LogP contribution in [0.2, 0.25) is 0 Å². The van der Waals surface area contributed by atoms with Crippen molar-refractivity contribution in [3.05, 3.63) is 35.1 Å². The van der Waals surface area contributed by atoms with Gasteiger partial charge in [-0.1, -0.05) is 12.5 Å². The summed E-state index contributed by atoms with van der Waals surface area (Å²) in [6.45, 7) is 2.06. The van der Waals surface area contributed by atoms with Crippen molar-refractivity contribution < 1.29 is 4.39 Å². The van der Waals surface area contributed by atoms with E-state index in [1.54, 1.807) is 12.1 Å². The lowest BCUT2D eigenvalue weighted by Gasteiger charge is -2.42. The van der Waals surface area contributed by atoms with E-state index in [2.05, 4.69) is 5.32 Å². The Labute approximate surface area is 89.7 Å². The molecule has 1 nitrogen and oxygen atoms in total. The molecular formula is C13H16FN. The van der Waals surface area contributed by atoms with Crippen LogP contribution >= 0.6 is 0 Å². The van der Waals surface area contributed by atoms with Crippen molar-refractivity contribution in [2.45, 2.75) is 31.1 Å². The second-order valence-electron chi connectivity index (χ2n) is 4.86. The largest absolute Gasteiger partial charge is 0.316 e. The lowest BCUT2D eigenvalue weighted by atomic mass is 9.63. The first-order valence-electron chi connectivity index (χ1n) is 5.80. The van der Waals surface area contributed by atoms with Gasteiger partial charge in [0.15, 0.2) is 0 Å². The molecule has 3 rings (SSSR count). The highest BCUT2D eigenvalue weighted by Crippen LogP contribution is 2.45. The molecule has 1 heterocycles. The van der Waals surface area contributed by atoms with Gasteiger partial charge >= 0.3 is 0 Å². The van der Waals surface area contributed by atoms with Crippen LogP contribution in [-0.4, -0.2) is 13.1 Å². The third-order valence-corrected chi connectivity index (χ3v) is 3.99. The van der Waals surface area contributed by atoms with Gasteiger partial charge in [0.05, 0.1) is 0 Å². The van der Waals surface area contributed by atoms with Gasteiger partial charge < -0.3 is 5.32 Å².